The maximum Gasteiger partial charge on any atom is 0.245 e. The maximum absolute atomic E-state index is 13.1. The maximum atomic E-state index is 13.1. The first kappa shape index (κ1) is 23.2. The van der Waals surface area contributed by atoms with E-state index in [0.717, 1.165) is 19.3 Å². The van der Waals surface area contributed by atoms with E-state index in [4.69, 9.17) is 0 Å². The molecule has 1 atom stereocenters. The van der Waals surface area contributed by atoms with Crippen molar-refractivity contribution in [1.29, 1.82) is 0 Å². The Labute approximate surface area is 179 Å². The summed E-state index contributed by atoms with van der Waals surface area (Å²) in [6, 6.07) is 6.43. The number of nitrogens with zero attached hydrogens (tertiary/aromatic N) is 2. The highest BCUT2D eigenvalue weighted by Crippen LogP contribution is 2.28. The molecule has 3 rings (SSSR count). The Balaban J connectivity index is 1.76. The van der Waals surface area contributed by atoms with Crippen molar-refractivity contribution < 1.29 is 21.6 Å². The average Bonchev–Trinajstić information content (AvgIpc) is 2.75. The number of nitrogens with one attached hydrogen (secondary N) is 1. The topological polar surface area (TPSA) is 104 Å². The molecule has 0 saturated carbocycles. The zero-order valence-corrected chi connectivity index (χ0v) is 19.1. The lowest BCUT2D eigenvalue weighted by molar-refractivity contribution is -0.120. The normalized spacial score (nSPS) is 22.0. The number of para-hydroxylation sites is 1. The van der Waals surface area contributed by atoms with E-state index in [1.54, 1.807) is 18.2 Å². The fourth-order valence-corrected chi connectivity index (χ4v) is 7.32. The second-order valence-electron chi connectivity index (χ2n) is 7.96. The van der Waals surface area contributed by atoms with Crippen LogP contribution >= 0.6 is 0 Å². The van der Waals surface area contributed by atoms with E-state index < -0.39 is 26.0 Å². The highest BCUT2D eigenvalue weighted by atomic mass is 32.2. The summed E-state index contributed by atoms with van der Waals surface area (Å²) in [5, 5.41) is 2.76. The number of piperidine rings is 2. The van der Waals surface area contributed by atoms with Gasteiger partial charge in [0.15, 0.2) is 0 Å². The van der Waals surface area contributed by atoms with Gasteiger partial charge in [-0.05, 0) is 44.2 Å². The second-order valence-corrected chi connectivity index (χ2v) is 12.0. The second kappa shape index (κ2) is 9.76. The largest absolute Gasteiger partial charge is 0.325 e. The summed E-state index contributed by atoms with van der Waals surface area (Å²) in [7, 11) is -7.07. The molecule has 2 heterocycles. The van der Waals surface area contributed by atoms with E-state index in [1.807, 2.05) is 6.92 Å². The summed E-state index contributed by atoms with van der Waals surface area (Å²) >= 11 is 0. The SMILES string of the molecule is CCCS(=O)(=O)N1CCCC(C(=O)Nc2ccccc2S(=O)(=O)N2CCCCC2)C1. The number of carbonyl (C=O) groups excluding carboxylic acids is 1. The summed E-state index contributed by atoms with van der Waals surface area (Å²) in [5.74, 6) is -0.776. The zero-order chi connectivity index (χ0) is 21.8. The van der Waals surface area contributed by atoms with E-state index in [-0.39, 0.29) is 28.8 Å². The number of rotatable bonds is 7. The van der Waals surface area contributed by atoms with Crippen molar-refractivity contribution in [2.45, 2.75) is 50.3 Å². The molecule has 0 spiro atoms. The van der Waals surface area contributed by atoms with Gasteiger partial charge in [0.25, 0.3) is 0 Å². The third-order valence-electron chi connectivity index (χ3n) is 5.69. The summed E-state index contributed by atoms with van der Waals surface area (Å²) in [6.07, 6.45) is 4.39. The summed E-state index contributed by atoms with van der Waals surface area (Å²) < 4.78 is 53.8. The standard InChI is InChI=1S/C20H31N3O5S2/c1-2-15-29(25,26)23-14-8-9-17(16-23)20(24)21-18-10-4-5-11-19(18)30(27,28)22-12-6-3-7-13-22/h4-5,10-11,17H,2-3,6-9,12-16H2,1H3,(H,21,24). The first-order valence-corrected chi connectivity index (χ1v) is 13.7. The van der Waals surface area contributed by atoms with Gasteiger partial charge in [-0.25, -0.2) is 21.1 Å². The summed E-state index contributed by atoms with van der Waals surface area (Å²) in [6.45, 7) is 3.33. The highest BCUT2D eigenvalue weighted by Gasteiger charge is 2.33. The Morgan fingerprint density at radius 2 is 1.67 bits per heavy atom. The van der Waals surface area contributed by atoms with Gasteiger partial charge in [0.1, 0.15) is 4.90 Å². The molecule has 8 nitrogen and oxygen atoms in total. The number of sulfonamides is 2. The fraction of sp³-hybridized carbons (Fsp3) is 0.650. The zero-order valence-electron chi connectivity index (χ0n) is 17.4. The Morgan fingerprint density at radius 1 is 1.00 bits per heavy atom. The van der Waals surface area contributed by atoms with Crippen molar-refractivity contribution >= 4 is 31.6 Å². The highest BCUT2D eigenvalue weighted by molar-refractivity contribution is 7.89. The van der Waals surface area contributed by atoms with Crippen molar-refractivity contribution in [3.8, 4) is 0 Å². The fourth-order valence-electron chi connectivity index (χ4n) is 4.07. The number of hydrogen-bond acceptors (Lipinski definition) is 5. The minimum Gasteiger partial charge on any atom is -0.325 e. The van der Waals surface area contributed by atoms with Gasteiger partial charge < -0.3 is 5.32 Å². The van der Waals surface area contributed by atoms with Crippen LogP contribution in [0.2, 0.25) is 0 Å². The Hall–Kier alpha value is -1.49. The molecule has 0 bridgehead atoms. The van der Waals surface area contributed by atoms with Crippen LogP contribution in [-0.2, 0) is 24.8 Å². The predicted molar refractivity (Wildman–Crippen MR) is 116 cm³/mol. The first-order chi connectivity index (χ1) is 14.3. The molecule has 1 N–H and O–H groups in total. The van der Waals surface area contributed by atoms with Gasteiger partial charge in [-0.3, -0.25) is 4.79 Å². The van der Waals surface area contributed by atoms with E-state index >= 15 is 0 Å². The monoisotopic (exact) mass is 457 g/mol. The van der Waals surface area contributed by atoms with Crippen molar-refractivity contribution in [1.82, 2.24) is 8.61 Å². The van der Waals surface area contributed by atoms with Crippen LogP contribution in [0.15, 0.2) is 29.2 Å². The van der Waals surface area contributed by atoms with Gasteiger partial charge in [0, 0.05) is 26.2 Å². The molecule has 0 aliphatic carbocycles. The smallest absolute Gasteiger partial charge is 0.245 e. The molecule has 10 heteroatoms. The molecular formula is C20H31N3O5S2. The quantitative estimate of drug-likeness (QED) is 0.676. The number of amides is 1. The Bertz CT molecular complexity index is 956. The van der Waals surface area contributed by atoms with Crippen molar-refractivity contribution in [3.63, 3.8) is 0 Å². The van der Waals surface area contributed by atoms with Crippen LogP contribution in [0, 0.1) is 5.92 Å². The number of anilines is 1. The first-order valence-electron chi connectivity index (χ1n) is 10.6. The lowest BCUT2D eigenvalue weighted by Crippen LogP contribution is -2.44. The molecule has 30 heavy (non-hydrogen) atoms. The van der Waals surface area contributed by atoms with Gasteiger partial charge in [0.05, 0.1) is 17.4 Å². The molecule has 2 saturated heterocycles. The van der Waals surface area contributed by atoms with Crippen LogP contribution in [0.5, 0.6) is 0 Å². The molecule has 1 aromatic rings. The van der Waals surface area contributed by atoms with E-state index in [9.17, 15) is 21.6 Å². The molecule has 168 valence electrons. The van der Waals surface area contributed by atoms with Gasteiger partial charge in [-0.2, -0.15) is 4.31 Å². The van der Waals surface area contributed by atoms with Crippen LogP contribution in [0.4, 0.5) is 5.69 Å². The number of benzene rings is 1. The molecule has 2 aliphatic heterocycles. The van der Waals surface area contributed by atoms with Crippen molar-refractivity contribution in [2.24, 2.45) is 5.92 Å². The average molecular weight is 458 g/mol. The molecule has 2 aliphatic rings. The predicted octanol–water partition coefficient (Wildman–Crippen LogP) is 2.25. The summed E-state index contributed by atoms with van der Waals surface area (Å²) in [4.78, 5) is 13.0. The Kier molecular flexibility index (Phi) is 7.54. The molecule has 1 unspecified atom stereocenters. The molecule has 0 radical (unpaired) electrons. The molecule has 2 fully saturated rings. The van der Waals surface area contributed by atoms with Gasteiger partial charge in [-0.15, -0.1) is 0 Å². The van der Waals surface area contributed by atoms with Crippen molar-refractivity contribution in [2.75, 3.05) is 37.2 Å². The minimum absolute atomic E-state index is 0.0677. The lowest BCUT2D eigenvalue weighted by atomic mass is 9.99. The van der Waals surface area contributed by atoms with Crippen LogP contribution < -0.4 is 5.32 Å². The number of carbonyl (C=O) groups is 1. The molecular weight excluding hydrogens is 426 g/mol. The van der Waals surface area contributed by atoms with Gasteiger partial charge >= 0.3 is 0 Å². The lowest BCUT2D eigenvalue weighted by Gasteiger charge is -2.31. The van der Waals surface area contributed by atoms with E-state index in [0.29, 0.717) is 38.9 Å². The molecule has 0 aromatic heterocycles. The van der Waals surface area contributed by atoms with Gasteiger partial charge in [0.2, 0.25) is 26.0 Å². The third kappa shape index (κ3) is 5.22. The van der Waals surface area contributed by atoms with E-state index in [2.05, 4.69) is 5.32 Å². The number of hydrogen-bond donors (Lipinski definition) is 1. The molecule has 1 amide bonds. The third-order valence-corrected chi connectivity index (χ3v) is 9.69. The van der Waals surface area contributed by atoms with Gasteiger partial charge in [-0.1, -0.05) is 25.5 Å². The van der Waals surface area contributed by atoms with E-state index in [1.165, 1.54) is 14.7 Å². The van der Waals surface area contributed by atoms with Crippen LogP contribution in [-0.4, -0.2) is 63.3 Å². The van der Waals surface area contributed by atoms with Crippen LogP contribution in [0.3, 0.4) is 0 Å². The Morgan fingerprint density at radius 3 is 2.37 bits per heavy atom. The molecule has 1 aromatic carbocycles. The van der Waals surface area contributed by atoms with Crippen molar-refractivity contribution in [3.05, 3.63) is 24.3 Å². The minimum atomic E-state index is -3.70. The van der Waals surface area contributed by atoms with Crippen LogP contribution in [0.25, 0.3) is 0 Å². The summed E-state index contributed by atoms with van der Waals surface area (Å²) in [5.41, 5.74) is 0.251. The van der Waals surface area contributed by atoms with Crippen LogP contribution in [0.1, 0.15) is 45.4 Å².